The molecule has 3 heteroatoms. The van der Waals surface area contributed by atoms with E-state index >= 15 is 0 Å². The highest BCUT2D eigenvalue weighted by molar-refractivity contribution is 5.29. The molecule has 1 N–H and O–H groups in total. The van der Waals surface area contributed by atoms with Crippen LogP contribution in [-0.4, -0.2) is 13.7 Å². The van der Waals surface area contributed by atoms with Gasteiger partial charge in [0, 0.05) is 13.1 Å². The average molecular weight is 223 g/mol. The molecule has 0 heterocycles. The number of hydrogen-bond acceptors (Lipinski definition) is 2. The van der Waals surface area contributed by atoms with Gasteiger partial charge in [-0.05, 0) is 36.0 Å². The second-order valence-corrected chi connectivity index (χ2v) is 4.88. The number of nitrogens with one attached hydrogen (secondary N) is 1. The first-order valence-electron chi connectivity index (χ1n) is 5.66. The van der Waals surface area contributed by atoms with Gasteiger partial charge in [0.1, 0.15) is 0 Å². The highest BCUT2D eigenvalue weighted by Gasteiger charge is 2.36. The van der Waals surface area contributed by atoms with Crippen LogP contribution in [0.3, 0.4) is 0 Å². The van der Waals surface area contributed by atoms with Crippen molar-refractivity contribution in [3.05, 3.63) is 29.6 Å². The first-order chi connectivity index (χ1) is 7.63. The van der Waals surface area contributed by atoms with Gasteiger partial charge in [-0.1, -0.05) is 13.0 Å². The van der Waals surface area contributed by atoms with Gasteiger partial charge in [-0.25, -0.2) is 4.39 Å². The van der Waals surface area contributed by atoms with Crippen LogP contribution < -0.4 is 10.1 Å². The normalized spacial score (nSPS) is 17.2. The summed E-state index contributed by atoms with van der Waals surface area (Å²) in [6, 6.07) is 5.09. The molecule has 0 atom stereocenters. The van der Waals surface area contributed by atoms with Gasteiger partial charge in [0.25, 0.3) is 0 Å². The minimum atomic E-state index is -0.292. The molecule has 1 aromatic carbocycles. The number of rotatable bonds is 5. The van der Waals surface area contributed by atoms with Crippen LogP contribution in [0.1, 0.15) is 25.3 Å². The predicted molar refractivity (Wildman–Crippen MR) is 62.0 cm³/mol. The van der Waals surface area contributed by atoms with E-state index in [1.807, 2.05) is 6.07 Å². The topological polar surface area (TPSA) is 21.3 Å². The van der Waals surface area contributed by atoms with Crippen molar-refractivity contribution in [3.8, 4) is 5.75 Å². The first kappa shape index (κ1) is 11.4. The third-order valence-corrected chi connectivity index (χ3v) is 3.20. The lowest BCUT2D eigenvalue weighted by Gasteiger charge is -2.10. The van der Waals surface area contributed by atoms with Crippen molar-refractivity contribution in [1.82, 2.24) is 5.32 Å². The van der Waals surface area contributed by atoms with Crippen LogP contribution in [0.4, 0.5) is 4.39 Å². The molecule has 0 saturated heterocycles. The summed E-state index contributed by atoms with van der Waals surface area (Å²) in [6.45, 7) is 4.01. The smallest absolute Gasteiger partial charge is 0.165 e. The average Bonchev–Trinajstić information content (AvgIpc) is 2.97. The molecule has 16 heavy (non-hydrogen) atoms. The Morgan fingerprint density at radius 2 is 2.19 bits per heavy atom. The minimum Gasteiger partial charge on any atom is -0.494 e. The number of benzene rings is 1. The van der Waals surface area contributed by atoms with Crippen LogP contribution in [-0.2, 0) is 6.54 Å². The Balaban J connectivity index is 1.87. The summed E-state index contributed by atoms with van der Waals surface area (Å²) in [4.78, 5) is 0. The van der Waals surface area contributed by atoms with Crippen LogP contribution in [0, 0.1) is 11.2 Å². The van der Waals surface area contributed by atoms with Crippen molar-refractivity contribution in [2.24, 2.45) is 5.41 Å². The van der Waals surface area contributed by atoms with Gasteiger partial charge in [0.15, 0.2) is 11.6 Å². The fraction of sp³-hybridized carbons (Fsp3) is 0.538. The lowest BCUT2D eigenvalue weighted by Crippen LogP contribution is -2.21. The molecule has 0 aliphatic heterocycles. The molecule has 2 nitrogen and oxygen atoms in total. The molecule has 0 spiro atoms. The molecule has 2 rings (SSSR count). The lowest BCUT2D eigenvalue weighted by atomic mass is 10.1. The molecule has 1 aromatic rings. The number of halogens is 1. The van der Waals surface area contributed by atoms with Crippen LogP contribution in [0.15, 0.2) is 18.2 Å². The zero-order chi connectivity index (χ0) is 11.6. The molecule has 88 valence electrons. The summed E-state index contributed by atoms with van der Waals surface area (Å²) in [6.07, 6.45) is 2.61. The Hall–Kier alpha value is -1.09. The molecule has 0 amide bonds. The van der Waals surface area contributed by atoms with Crippen LogP contribution in [0.2, 0.25) is 0 Å². The van der Waals surface area contributed by atoms with E-state index in [4.69, 9.17) is 4.74 Å². The van der Waals surface area contributed by atoms with Crippen molar-refractivity contribution in [3.63, 3.8) is 0 Å². The van der Waals surface area contributed by atoms with Gasteiger partial charge in [-0.15, -0.1) is 0 Å². The standard InChI is InChI=1S/C13H18FNO/c1-13(5-6-13)9-15-8-10-3-4-12(16-2)11(14)7-10/h3-4,7,15H,5-6,8-9H2,1-2H3. The van der Waals surface area contributed by atoms with E-state index in [0.717, 1.165) is 18.7 Å². The summed E-state index contributed by atoms with van der Waals surface area (Å²) >= 11 is 0. The highest BCUT2D eigenvalue weighted by atomic mass is 19.1. The van der Waals surface area contributed by atoms with Gasteiger partial charge in [-0.2, -0.15) is 0 Å². The maximum atomic E-state index is 13.4. The zero-order valence-corrected chi connectivity index (χ0v) is 9.85. The van der Waals surface area contributed by atoms with Gasteiger partial charge >= 0.3 is 0 Å². The van der Waals surface area contributed by atoms with Crippen LogP contribution in [0.5, 0.6) is 5.75 Å². The molecule has 1 aliphatic rings. The van der Waals surface area contributed by atoms with Crippen molar-refractivity contribution in [1.29, 1.82) is 0 Å². The number of hydrogen-bond donors (Lipinski definition) is 1. The Bertz CT molecular complexity index is 374. The van der Waals surface area contributed by atoms with Crippen LogP contribution in [0.25, 0.3) is 0 Å². The van der Waals surface area contributed by atoms with Gasteiger partial charge in [-0.3, -0.25) is 0 Å². The molecule has 0 radical (unpaired) electrons. The van der Waals surface area contributed by atoms with Crippen molar-refractivity contribution < 1.29 is 9.13 Å². The number of ether oxygens (including phenoxy) is 1. The molecule has 0 unspecified atom stereocenters. The van der Waals surface area contributed by atoms with Gasteiger partial charge in [0.05, 0.1) is 7.11 Å². The summed E-state index contributed by atoms with van der Waals surface area (Å²) in [7, 11) is 1.48. The Morgan fingerprint density at radius 1 is 1.44 bits per heavy atom. The first-order valence-corrected chi connectivity index (χ1v) is 5.66. The summed E-state index contributed by atoms with van der Waals surface area (Å²) in [5, 5.41) is 3.36. The molecule has 1 aliphatic carbocycles. The molecular weight excluding hydrogens is 205 g/mol. The van der Waals surface area contributed by atoms with E-state index in [2.05, 4.69) is 12.2 Å². The maximum Gasteiger partial charge on any atom is 0.165 e. The fourth-order valence-corrected chi connectivity index (χ4v) is 1.72. The van der Waals surface area contributed by atoms with Gasteiger partial charge < -0.3 is 10.1 Å². The quantitative estimate of drug-likeness (QED) is 0.828. The zero-order valence-electron chi connectivity index (χ0n) is 9.85. The lowest BCUT2D eigenvalue weighted by molar-refractivity contribution is 0.386. The van der Waals surface area contributed by atoms with Crippen LogP contribution >= 0.6 is 0 Å². The van der Waals surface area contributed by atoms with E-state index < -0.39 is 0 Å². The monoisotopic (exact) mass is 223 g/mol. The Kier molecular flexibility index (Phi) is 3.15. The summed E-state index contributed by atoms with van der Waals surface area (Å²) < 4.78 is 18.2. The van der Waals surface area contributed by atoms with Crippen molar-refractivity contribution >= 4 is 0 Å². The summed E-state index contributed by atoms with van der Waals surface area (Å²) in [5.74, 6) is 0.0114. The third kappa shape index (κ3) is 2.73. The van der Waals surface area contributed by atoms with Crippen molar-refractivity contribution in [2.75, 3.05) is 13.7 Å². The molecule has 0 bridgehead atoms. The van der Waals surface area contributed by atoms with Gasteiger partial charge in [0.2, 0.25) is 0 Å². The predicted octanol–water partition coefficient (Wildman–Crippen LogP) is 2.72. The van der Waals surface area contributed by atoms with E-state index in [1.165, 1.54) is 26.0 Å². The molecule has 1 saturated carbocycles. The number of methoxy groups -OCH3 is 1. The van der Waals surface area contributed by atoms with E-state index in [0.29, 0.717) is 11.2 Å². The second kappa shape index (κ2) is 4.42. The largest absolute Gasteiger partial charge is 0.494 e. The highest BCUT2D eigenvalue weighted by Crippen LogP contribution is 2.44. The molecular formula is C13H18FNO. The van der Waals surface area contributed by atoms with E-state index in [-0.39, 0.29) is 5.82 Å². The molecule has 0 aromatic heterocycles. The second-order valence-electron chi connectivity index (χ2n) is 4.88. The summed E-state index contributed by atoms with van der Waals surface area (Å²) in [5.41, 5.74) is 1.45. The Morgan fingerprint density at radius 3 is 2.75 bits per heavy atom. The fourth-order valence-electron chi connectivity index (χ4n) is 1.72. The minimum absolute atomic E-state index is 0.292. The Labute approximate surface area is 95.8 Å². The SMILES string of the molecule is COc1ccc(CNCC2(C)CC2)cc1F. The van der Waals surface area contributed by atoms with E-state index in [1.54, 1.807) is 6.07 Å². The third-order valence-electron chi connectivity index (χ3n) is 3.20. The maximum absolute atomic E-state index is 13.4. The molecule has 1 fully saturated rings. The van der Waals surface area contributed by atoms with Crippen molar-refractivity contribution in [2.45, 2.75) is 26.3 Å². The van der Waals surface area contributed by atoms with E-state index in [9.17, 15) is 4.39 Å².